The number of hydrogen-bond donors (Lipinski definition) is 0. The molecule has 0 atom stereocenters. The molecule has 32 heavy (non-hydrogen) atoms. The highest BCUT2D eigenvalue weighted by molar-refractivity contribution is 5.84. The summed E-state index contributed by atoms with van der Waals surface area (Å²) < 4.78 is 61.2. The van der Waals surface area contributed by atoms with Crippen molar-refractivity contribution in [2.75, 3.05) is 0 Å². The number of para-hydroxylation sites is 1. The molecule has 0 aliphatic heterocycles. The normalized spacial score (nSPS) is 11.9. The Morgan fingerprint density at radius 1 is 0.906 bits per heavy atom. The van der Waals surface area contributed by atoms with Gasteiger partial charge >= 0.3 is 6.18 Å². The lowest BCUT2D eigenvalue weighted by Crippen LogP contribution is -2.04. The molecule has 0 radical (unpaired) electrons. The van der Waals surface area contributed by atoms with Gasteiger partial charge in [0.15, 0.2) is 11.4 Å². The summed E-state index contributed by atoms with van der Waals surface area (Å²) in [6, 6.07) is 15.0. The summed E-state index contributed by atoms with van der Waals surface area (Å²) in [5.41, 5.74) is 1.30. The summed E-state index contributed by atoms with van der Waals surface area (Å²) in [5, 5.41) is 7.92. The van der Waals surface area contributed by atoms with Crippen LogP contribution in [0, 0.1) is 5.82 Å². The van der Waals surface area contributed by atoms with Crippen LogP contribution in [0.15, 0.2) is 71.4 Å². The third-order valence-electron chi connectivity index (χ3n) is 5.07. The molecule has 2 aromatic heterocycles. The fraction of sp³-hybridized carbons (Fsp3) is 0.0870. The van der Waals surface area contributed by atoms with Crippen LogP contribution in [-0.2, 0) is 13.2 Å². The molecule has 0 saturated carbocycles. The summed E-state index contributed by atoms with van der Waals surface area (Å²) in [5.74, 6) is 0.101. The van der Waals surface area contributed by atoms with Gasteiger partial charge in [0.1, 0.15) is 23.2 Å². The third-order valence-corrected chi connectivity index (χ3v) is 5.07. The molecule has 5 aromatic rings. The van der Waals surface area contributed by atoms with Crippen molar-refractivity contribution in [2.24, 2.45) is 7.05 Å². The van der Waals surface area contributed by atoms with E-state index in [1.165, 1.54) is 30.6 Å². The minimum atomic E-state index is -4.56. The van der Waals surface area contributed by atoms with E-state index in [9.17, 15) is 17.6 Å². The number of aromatic nitrogens is 4. The fourth-order valence-corrected chi connectivity index (χ4v) is 3.60. The van der Waals surface area contributed by atoms with E-state index in [2.05, 4.69) is 15.2 Å². The van der Waals surface area contributed by atoms with Crippen LogP contribution >= 0.6 is 0 Å². The zero-order valence-corrected chi connectivity index (χ0v) is 16.6. The first-order valence-electron chi connectivity index (χ1n) is 9.53. The summed E-state index contributed by atoms with van der Waals surface area (Å²) in [6.07, 6.45) is -3.05. The van der Waals surface area contributed by atoms with Crippen LogP contribution in [0.4, 0.5) is 17.6 Å². The quantitative estimate of drug-likeness (QED) is 0.319. The molecular formula is C23H14F4N4O. The van der Waals surface area contributed by atoms with Gasteiger partial charge in [-0.25, -0.2) is 9.37 Å². The monoisotopic (exact) mass is 438 g/mol. The van der Waals surface area contributed by atoms with E-state index >= 15 is 0 Å². The first-order valence-corrected chi connectivity index (χ1v) is 9.53. The van der Waals surface area contributed by atoms with Crippen molar-refractivity contribution in [2.45, 2.75) is 6.18 Å². The number of alkyl halides is 3. The lowest BCUT2D eigenvalue weighted by Gasteiger charge is -2.10. The Morgan fingerprint density at radius 3 is 2.44 bits per heavy atom. The van der Waals surface area contributed by atoms with Gasteiger partial charge in [-0.15, -0.1) is 10.2 Å². The Morgan fingerprint density at radius 2 is 1.69 bits per heavy atom. The molecule has 5 nitrogen and oxygen atoms in total. The summed E-state index contributed by atoms with van der Waals surface area (Å²) >= 11 is 0. The molecule has 160 valence electrons. The molecule has 0 saturated heterocycles. The molecule has 0 aliphatic carbocycles. The summed E-state index contributed by atoms with van der Waals surface area (Å²) in [6.45, 7) is 0. The van der Waals surface area contributed by atoms with Crippen molar-refractivity contribution in [3.05, 3.63) is 78.4 Å². The molecule has 3 aromatic carbocycles. The van der Waals surface area contributed by atoms with Crippen LogP contribution in [0.1, 0.15) is 5.56 Å². The summed E-state index contributed by atoms with van der Waals surface area (Å²) in [4.78, 5) is 4.24. The number of nitrogens with zero attached hydrogens (tertiary/aromatic N) is 4. The van der Waals surface area contributed by atoms with Crippen molar-refractivity contribution in [3.63, 3.8) is 0 Å². The zero-order valence-electron chi connectivity index (χ0n) is 16.6. The highest BCUT2D eigenvalue weighted by Crippen LogP contribution is 2.38. The van der Waals surface area contributed by atoms with Gasteiger partial charge in [-0.2, -0.15) is 13.2 Å². The standard InChI is InChI=1S/C23H14F4N4O/c1-31-12-28-30-21(31)17-11-15(24)8-9-16(17)13-4-2-5-14(10-13)22-29-19-7-3-6-18(20(19)32-22)23(25,26)27/h2-12H,1H3. The first kappa shape index (κ1) is 19.9. The number of aryl methyl sites for hydroxylation is 1. The average molecular weight is 438 g/mol. The van der Waals surface area contributed by atoms with E-state index < -0.39 is 17.6 Å². The minimum Gasteiger partial charge on any atom is -0.435 e. The predicted octanol–water partition coefficient (Wildman–Crippen LogP) is 6.12. The van der Waals surface area contributed by atoms with Crippen molar-refractivity contribution in [1.82, 2.24) is 19.7 Å². The molecule has 0 fully saturated rings. The van der Waals surface area contributed by atoms with Crippen LogP contribution in [0.5, 0.6) is 0 Å². The Bertz CT molecular complexity index is 1450. The molecule has 0 spiro atoms. The second-order valence-corrected chi connectivity index (χ2v) is 7.21. The Hall–Kier alpha value is -4.01. The number of halogens is 4. The Labute approximate surface area is 179 Å². The summed E-state index contributed by atoms with van der Waals surface area (Å²) in [7, 11) is 1.75. The van der Waals surface area contributed by atoms with Gasteiger partial charge in [-0.05, 0) is 47.5 Å². The average Bonchev–Trinajstić information content (AvgIpc) is 3.39. The van der Waals surface area contributed by atoms with Gasteiger partial charge in [0.25, 0.3) is 0 Å². The second kappa shape index (κ2) is 7.30. The maximum atomic E-state index is 14.0. The zero-order chi connectivity index (χ0) is 22.5. The van der Waals surface area contributed by atoms with Crippen molar-refractivity contribution in [3.8, 4) is 34.0 Å². The van der Waals surface area contributed by atoms with Gasteiger partial charge in [0, 0.05) is 18.2 Å². The van der Waals surface area contributed by atoms with Crippen molar-refractivity contribution < 1.29 is 22.0 Å². The van der Waals surface area contributed by atoms with Gasteiger partial charge in [-0.3, -0.25) is 0 Å². The van der Waals surface area contributed by atoms with Gasteiger partial charge in [-0.1, -0.05) is 24.3 Å². The van der Waals surface area contributed by atoms with E-state index in [0.717, 1.165) is 6.07 Å². The van der Waals surface area contributed by atoms with E-state index in [1.807, 2.05) is 0 Å². The van der Waals surface area contributed by atoms with E-state index in [0.29, 0.717) is 28.1 Å². The topological polar surface area (TPSA) is 56.7 Å². The Balaban J connectivity index is 1.64. The third kappa shape index (κ3) is 3.41. The van der Waals surface area contributed by atoms with Gasteiger partial charge in [0.05, 0.1) is 0 Å². The van der Waals surface area contributed by atoms with Crippen LogP contribution in [-0.4, -0.2) is 19.7 Å². The number of benzene rings is 3. The van der Waals surface area contributed by atoms with Crippen molar-refractivity contribution in [1.29, 1.82) is 0 Å². The van der Waals surface area contributed by atoms with Crippen LogP contribution < -0.4 is 0 Å². The molecule has 0 N–H and O–H groups in total. The maximum Gasteiger partial charge on any atom is 0.420 e. The van der Waals surface area contributed by atoms with E-state index in [-0.39, 0.29) is 17.0 Å². The number of oxazole rings is 1. The van der Waals surface area contributed by atoms with E-state index in [4.69, 9.17) is 4.42 Å². The maximum absolute atomic E-state index is 14.0. The highest BCUT2D eigenvalue weighted by atomic mass is 19.4. The van der Waals surface area contributed by atoms with Gasteiger partial charge in [0.2, 0.25) is 5.89 Å². The van der Waals surface area contributed by atoms with Crippen molar-refractivity contribution >= 4 is 11.1 Å². The molecule has 5 rings (SSSR count). The van der Waals surface area contributed by atoms with E-state index in [1.54, 1.807) is 41.9 Å². The molecule has 0 amide bonds. The second-order valence-electron chi connectivity index (χ2n) is 7.21. The lowest BCUT2D eigenvalue weighted by atomic mass is 9.97. The SMILES string of the molecule is Cn1cnnc1-c1cc(F)ccc1-c1cccc(-c2nc3cccc(C(F)(F)F)c3o2)c1. The predicted molar refractivity (Wildman–Crippen MR) is 110 cm³/mol. The first-order chi connectivity index (χ1) is 15.3. The molecule has 0 aliphatic rings. The minimum absolute atomic E-state index is 0.0564. The molecular weight excluding hydrogens is 424 g/mol. The molecule has 2 heterocycles. The number of fused-ring (bicyclic) bond motifs is 1. The van der Waals surface area contributed by atoms with Gasteiger partial charge < -0.3 is 8.98 Å². The smallest absolute Gasteiger partial charge is 0.420 e. The number of hydrogen-bond acceptors (Lipinski definition) is 4. The van der Waals surface area contributed by atoms with Crippen LogP contribution in [0.2, 0.25) is 0 Å². The Kier molecular flexibility index (Phi) is 4.54. The molecule has 0 unspecified atom stereocenters. The lowest BCUT2D eigenvalue weighted by molar-refractivity contribution is -0.136. The molecule has 9 heteroatoms. The molecule has 0 bridgehead atoms. The highest BCUT2D eigenvalue weighted by Gasteiger charge is 2.34. The van der Waals surface area contributed by atoms with Crippen LogP contribution in [0.25, 0.3) is 45.1 Å². The van der Waals surface area contributed by atoms with Crippen LogP contribution in [0.3, 0.4) is 0 Å². The fourth-order valence-electron chi connectivity index (χ4n) is 3.60. The largest absolute Gasteiger partial charge is 0.435 e. The number of rotatable bonds is 3.